The third-order valence-electron chi connectivity index (χ3n) is 5.34. The van der Waals surface area contributed by atoms with E-state index in [1.807, 2.05) is 26.4 Å². The summed E-state index contributed by atoms with van der Waals surface area (Å²) in [6.07, 6.45) is -0.543. The number of ether oxygens (including phenoxy) is 1. The van der Waals surface area contributed by atoms with Gasteiger partial charge in [0.05, 0.1) is 12.3 Å². The van der Waals surface area contributed by atoms with Crippen molar-refractivity contribution in [1.29, 1.82) is 0 Å². The number of aryl methyl sites for hydroxylation is 1. The van der Waals surface area contributed by atoms with Gasteiger partial charge >= 0.3 is 12.1 Å². The molecule has 2 bridgehead atoms. The Morgan fingerprint density at radius 1 is 1.41 bits per heavy atom. The highest BCUT2D eigenvalue weighted by Gasteiger charge is 2.64. The lowest BCUT2D eigenvalue weighted by atomic mass is 9.99. The first kappa shape index (κ1) is 22.0. The fraction of sp³-hybridized carbons (Fsp3) is 0.750. The minimum atomic E-state index is -5.08. The topological polar surface area (TPSA) is 105 Å². The van der Waals surface area contributed by atoms with Crippen molar-refractivity contribution in [2.24, 2.45) is 7.05 Å². The van der Waals surface area contributed by atoms with Crippen molar-refractivity contribution >= 4 is 16.0 Å². The highest BCUT2D eigenvalue weighted by atomic mass is 32.2. The van der Waals surface area contributed by atoms with Crippen molar-refractivity contribution in [2.75, 3.05) is 26.2 Å². The molecule has 3 aliphatic rings. The van der Waals surface area contributed by atoms with Gasteiger partial charge in [-0.1, -0.05) is 6.92 Å². The van der Waals surface area contributed by atoms with Crippen LogP contribution in [0, 0.1) is 0 Å². The Kier molecular flexibility index (Phi) is 5.71. The molecular weight excluding hydrogens is 417 g/mol. The van der Waals surface area contributed by atoms with E-state index in [-0.39, 0.29) is 11.4 Å². The highest BCUT2D eigenvalue weighted by molar-refractivity contribution is 7.90. The lowest BCUT2D eigenvalue weighted by Gasteiger charge is -2.39. The van der Waals surface area contributed by atoms with E-state index in [2.05, 4.69) is 10.00 Å². The Morgan fingerprint density at radius 3 is 2.59 bits per heavy atom. The molecule has 4 heterocycles. The number of likely N-dealkylation sites (N-methyl/N-ethyl adjacent to an activating group) is 1. The lowest BCUT2D eigenvalue weighted by molar-refractivity contribution is -0.192. The van der Waals surface area contributed by atoms with Crippen LogP contribution in [-0.4, -0.2) is 87.8 Å². The van der Waals surface area contributed by atoms with Crippen LogP contribution < -0.4 is 0 Å². The smallest absolute Gasteiger partial charge is 0.475 e. The number of carboxylic acids is 1. The molecule has 4 rings (SSSR count). The average Bonchev–Trinajstić information content (AvgIpc) is 3.18. The number of hydrogen-bond donors (Lipinski definition) is 1. The number of alkyl halides is 3. The molecular formula is C16H23F3N4O5S. The first-order chi connectivity index (χ1) is 13.4. The molecule has 29 heavy (non-hydrogen) atoms. The summed E-state index contributed by atoms with van der Waals surface area (Å²) in [6, 6.07) is 0. The average molecular weight is 440 g/mol. The van der Waals surface area contributed by atoms with Gasteiger partial charge in [0.15, 0.2) is 0 Å². The molecule has 0 aromatic carbocycles. The van der Waals surface area contributed by atoms with Gasteiger partial charge in [-0.15, -0.1) is 0 Å². The summed E-state index contributed by atoms with van der Waals surface area (Å²) in [4.78, 5) is 11.2. The Morgan fingerprint density at radius 2 is 2.07 bits per heavy atom. The summed E-state index contributed by atoms with van der Waals surface area (Å²) in [5, 5.41) is 11.0. The van der Waals surface area contributed by atoms with Crippen LogP contribution in [0.25, 0.3) is 0 Å². The number of sulfonamides is 1. The molecule has 1 N–H and O–H groups in total. The van der Waals surface area contributed by atoms with Crippen LogP contribution in [0.1, 0.15) is 18.9 Å². The summed E-state index contributed by atoms with van der Waals surface area (Å²) >= 11 is 0. The molecule has 3 fully saturated rings. The normalized spacial score (nSPS) is 31.2. The summed E-state index contributed by atoms with van der Waals surface area (Å²) in [5.41, 5.74) is 0.616. The van der Waals surface area contributed by atoms with Crippen LogP contribution in [0.15, 0.2) is 12.4 Å². The number of nitrogens with zero attached hydrogens (tertiary/aromatic N) is 4. The molecule has 0 radical (unpaired) electrons. The summed E-state index contributed by atoms with van der Waals surface area (Å²) in [6.45, 7) is 5.19. The second kappa shape index (κ2) is 7.52. The SMILES string of the molecule is CCN1C[C@@]23CN(Cc4cnn(C)c4)C[C@@H](C[C@@H]2S1(=O)=O)O3.O=C(O)C(F)(F)F. The van der Waals surface area contributed by atoms with Crippen molar-refractivity contribution in [3.63, 3.8) is 0 Å². The van der Waals surface area contributed by atoms with E-state index in [4.69, 9.17) is 14.6 Å². The van der Waals surface area contributed by atoms with E-state index < -0.39 is 27.8 Å². The number of likely N-dealkylation sites (tertiary alicyclic amines) is 1. The first-order valence-electron chi connectivity index (χ1n) is 9.04. The number of halogens is 3. The predicted octanol–water partition coefficient (Wildman–Crippen LogP) is 0.431. The molecule has 0 amide bonds. The zero-order valence-corrected chi connectivity index (χ0v) is 16.8. The Labute approximate surface area is 166 Å². The molecule has 0 unspecified atom stereocenters. The maximum absolute atomic E-state index is 12.6. The lowest BCUT2D eigenvalue weighted by Crippen LogP contribution is -2.54. The largest absolute Gasteiger partial charge is 0.490 e. The Hall–Kier alpha value is -1.70. The zero-order valence-electron chi connectivity index (χ0n) is 16.0. The molecule has 1 aromatic rings. The minimum Gasteiger partial charge on any atom is -0.475 e. The minimum absolute atomic E-state index is 0.0317. The van der Waals surface area contributed by atoms with Gasteiger partial charge in [0.1, 0.15) is 10.9 Å². The quantitative estimate of drug-likeness (QED) is 0.727. The van der Waals surface area contributed by atoms with Crippen LogP contribution in [-0.2, 0) is 33.1 Å². The second-order valence-corrected chi connectivity index (χ2v) is 9.61. The number of carbonyl (C=O) groups is 1. The third-order valence-corrected chi connectivity index (χ3v) is 7.79. The van der Waals surface area contributed by atoms with Gasteiger partial charge in [-0.25, -0.2) is 13.2 Å². The predicted molar refractivity (Wildman–Crippen MR) is 94.4 cm³/mol. The molecule has 1 spiro atoms. The molecule has 3 atom stereocenters. The number of carboxylic acid groups (broad SMARTS) is 1. The van der Waals surface area contributed by atoms with Crippen LogP contribution in [0.2, 0.25) is 0 Å². The fourth-order valence-electron chi connectivity index (χ4n) is 4.27. The zero-order chi connectivity index (χ0) is 21.6. The molecule has 9 nitrogen and oxygen atoms in total. The standard InChI is InChI=1S/C14H22N4O3S.C2HF3O2/c1-3-18-10-14-9-17(7-11-5-15-16(2)6-11)8-12(21-14)4-13(14)22(18,19)20;3-2(4,5)1(6)7/h5-6,12-13H,3-4,7-10H2,1-2H3;(H,6,7)/t12-,13+,14+;/m1./s1. The number of rotatable bonds is 3. The van der Waals surface area contributed by atoms with E-state index in [1.165, 1.54) is 0 Å². The van der Waals surface area contributed by atoms with Gasteiger partial charge in [-0.05, 0) is 6.42 Å². The maximum atomic E-state index is 12.6. The molecule has 164 valence electrons. The Bertz CT molecular complexity index is 874. The van der Waals surface area contributed by atoms with Crippen molar-refractivity contribution < 1.29 is 36.2 Å². The van der Waals surface area contributed by atoms with Crippen LogP contribution in [0.5, 0.6) is 0 Å². The van der Waals surface area contributed by atoms with Crippen molar-refractivity contribution in [1.82, 2.24) is 19.0 Å². The molecule has 3 aliphatic heterocycles. The van der Waals surface area contributed by atoms with E-state index in [0.29, 0.717) is 26.1 Å². The number of aromatic nitrogens is 2. The fourth-order valence-corrected chi connectivity index (χ4v) is 6.59. The third kappa shape index (κ3) is 4.27. The molecule has 3 saturated heterocycles. The van der Waals surface area contributed by atoms with Gasteiger partial charge in [0.25, 0.3) is 0 Å². The van der Waals surface area contributed by atoms with Crippen molar-refractivity contribution in [2.45, 2.75) is 43.0 Å². The van der Waals surface area contributed by atoms with Gasteiger partial charge in [0.2, 0.25) is 10.0 Å². The molecule has 0 saturated carbocycles. The molecule has 1 aromatic heterocycles. The summed E-state index contributed by atoms with van der Waals surface area (Å²) in [5.74, 6) is -2.76. The second-order valence-electron chi connectivity index (χ2n) is 7.49. The van der Waals surface area contributed by atoms with Gasteiger partial charge < -0.3 is 9.84 Å². The van der Waals surface area contributed by atoms with E-state index in [9.17, 15) is 21.6 Å². The first-order valence-corrected chi connectivity index (χ1v) is 10.5. The van der Waals surface area contributed by atoms with E-state index >= 15 is 0 Å². The highest BCUT2D eigenvalue weighted by Crippen LogP contribution is 2.46. The van der Waals surface area contributed by atoms with E-state index in [0.717, 1.165) is 18.7 Å². The van der Waals surface area contributed by atoms with Crippen LogP contribution >= 0.6 is 0 Å². The summed E-state index contributed by atoms with van der Waals surface area (Å²) in [7, 11) is -1.30. The van der Waals surface area contributed by atoms with E-state index in [1.54, 1.807) is 8.99 Å². The van der Waals surface area contributed by atoms with Crippen molar-refractivity contribution in [3.05, 3.63) is 18.0 Å². The van der Waals surface area contributed by atoms with Gasteiger partial charge in [-0.2, -0.15) is 22.6 Å². The van der Waals surface area contributed by atoms with Gasteiger partial charge in [-0.3, -0.25) is 9.58 Å². The van der Waals surface area contributed by atoms with Crippen molar-refractivity contribution in [3.8, 4) is 0 Å². The van der Waals surface area contributed by atoms with Crippen LogP contribution in [0.4, 0.5) is 13.2 Å². The number of fused-ring (bicyclic) bond motifs is 1. The monoisotopic (exact) mass is 440 g/mol. The number of hydrogen-bond acceptors (Lipinski definition) is 6. The summed E-state index contributed by atoms with van der Waals surface area (Å²) < 4.78 is 66.5. The van der Waals surface area contributed by atoms with Gasteiger partial charge in [0, 0.05) is 51.5 Å². The molecule has 13 heteroatoms. The number of morpholine rings is 1. The maximum Gasteiger partial charge on any atom is 0.490 e. The van der Waals surface area contributed by atoms with Crippen LogP contribution in [0.3, 0.4) is 0 Å². The molecule has 0 aliphatic carbocycles. The number of aliphatic carboxylic acids is 1. The Balaban J connectivity index is 0.000000298.